The number of aliphatic carboxylic acids is 1. The minimum Gasteiger partial charge on any atom is -0.489 e. The lowest BCUT2D eigenvalue weighted by atomic mass is 9.94. The quantitative estimate of drug-likeness (QED) is 0.330. The summed E-state index contributed by atoms with van der Waals surface area (Å²) in [5, 5.41) is 13.5. The Bertz CT molecular complexity index is 1460. The maximum Gasteiger partial charge on any atom is 0.307 e. The van der Waals surface area contributed by atoms with Crippen LogP contribution in [0.15, 0.2) is 72.9 Å². The molecule has 36 heavy (non-hydrogen) atoms. The predicted octanol–water partition coefficient (Wildman–Crippen LogP) is 5.96. The number of benzene rings is 3. The maximum absolute atomic E-state index is 15.4. The lowest BCUT2D eigenvalue weighted by Crippen LogP contribution is -2.04. The van der Waals surface area contributed by atoms with Crippen LogP contribution in [-0.4, -0.2) is 20.9 Å². The number of ether oxygens (including phenoxy) is 1. The van der Waals surface area contributed by atoms with Gasteiger partial charge in [0.1, 0.15) is 23.9 Å². The van der Waals surface area contributed by atoms with Gasteiger partial charge < -0.3 is 9.84 Å². The van der Waals surface area contributed by atoms with Crippen molar-refractivity contribution >= 4 is 5.97 Å². The van der Waals surface area contributed by atoms with Crippen molar-refractivity contribution in [3.05, 3.63) is 107 Å². The fourth-order valence-corrected chi connectivity index (χ4v) is 3.95. The van der Waals surface area contributed by atoms with Crippen LogP contribution in [0.1, 0.15) is 47.7 Å². The first-order valence-corrected chi connectivity index (χ1v) is 11.7. The molecule has 0 unspecified atom stereocenters. The number of hydrogen-bond donors (Lipinski definition) is 1. The van der Waals surface area contributed by atoms with Gasteiger partial charge in [-0.15, -0.1) is 0 Å². The standard InChI is InChI=1S/C30H27FN2O3/c1-20(2)26-8-6-9-27(30(26)31)24-16-21(11-12-25-13-14-33(3)32-25)15-22(17-24)19-36-28-10-5-4-7-23(28)18-29(34)35/h4-10,13-17,20H,18-19H2,1-3H3,(H,34,35). The molecule has 0 fully saturated rings. The van der Waals surface area contributed by atoms with E-state index in [9.17, 15) is 9.90 Å². The number of halogens is 1. The molecule has 6 heteroatoms. The molecule has 1 aromatic heterocycles. The number of aryl methyl sites for hydroxylation is 1. The topological polar surface area (TPSA) is 64.4 Å². The number of aromatic nitrogens is 2. The fraction of sp³-hybridized carbons (Fsp3) is 0.200. The lowest BCUT2D eigenvalue weighted by molar-refractivity contribution is -0.136. The Morgan fingerprint density at radius 2 is 1.89 bits per heavy atom. The zero-order valence-electron chi connectivity index (χ0n) is 20.5. The second kappa shape index (κ2) is 10.9. The van der Waals surface area contributed by atoms with Gasteiger partial charge in [0.15, 0.2) is 0 Å². The zero-order valence-corrected chi connectivity index (χ0v) is 20.5. The van der Waals surface area contributed by atoms with Crippen molar-refractivity contribution in [2.45, 2.75) is 32.8 Å². The molecule has 4 aromatic rings. The van der Waals surface area contributed by atoms with Crippen LogP contribution in [0.3, 0.4) is 0 Å². The van der Waals surface area contributed by atoms with Crippen molar-refractivity contribution in [2.24, 2.45) is 7.05 Å². The first-order valence-electron chi connectivity index (χ1n) is 11.7. The molecule has 0 bridgehead atoms. The van der Waals surface area contributed by atoms with Crippen LogP contribution in [-0.2, 0) is 24.9 Å². The second-order valence-corrected chi connectivity index (χ2v) is 8.87. The number of hydrogen-bond acceptors (Lipinski definition) is 3. The molecule has 1 N–H and O–H groups in total. The molecule has 0 aliphatic heterocycles. The van der Waals surface area contributed by atoms with Crippen LogP contribution in [0.4, 0.5) is 4.39 Å². The third kappa shape index (κ3) is 6.00. The minimum absolute atomic E-state index is 0.0469. The second-order valence-electron chi connectivity index (χ2n) is 8.87. The first-order chi connectivity index (χ1) is 17.3. The summed E-state index contributed by atoms with van der Waals surface area (Å²) in [5.41, 5.74) is 4.55. The summed E-state index contributed by atoms with van der Waals surface area (Å²) >= 11 is 0. The van der Waals surface area contributed by atoms with E-state index in [0.717, 1.165) is 5.56 Å². The number of nitrogens with zero attached hydrogens (tertiary/aromatic N) is 2. The van der Waals surface area contributed by atoms with E-state index in [2.05, 4.69) is 16.9 Å². The lowest BCUT2D eigenvalue weighted by Gasteiger charge is -2.14. The highest BCUT2D eigenvalue weighted by Gasteiger charge is 2.14. The Balaban J connectivity index is 1.72. The minimum atomic E-state index is -0.930. The predicted molar refractivity (Wildman–Crippen MR) is 137 cm³/mol. The molecule has 0 saturated carbocycles. The molecule has 0 aliphatic rings. The molecular formula is C30H27FN2O3. The van der Waals surface area contributed by atoms with Crippen molar-refractivity contribution < 1.29 is 19.0 Å². The molecule has 3 aromatic carbocycles. The van der Waals surface area contributed by atoms with Crippen LogP contribution in [0, 0.1) is 17.7 Å². The Labute approximate surface area is 210 Å². The summed E-state index contributed by atoms with van der Waals surface area (Å²) in [6, 6.07) is 19.9. The monoisotopic (exact) mass is 482 g/mol. The van der Waals surface area contributed by atoms with Crippen LogP contribution in [0.2, 0.25) is 0 Å². The Hall–Kier alpha value is -4.37. The van der Waals surface area contributed by atoms with Gasteiger partial charge in [-0.1, -0.05) is 56.2 Å². The summed E-state index contributed by atoms with van der Waals surface area (Å²) in [7, 11) is 1.83. The van der Waals surface area contributed by atoms with E-state index in [0.29, 0.717) is 39.3 Å². The average molecular weight is 483 g/mol. The van der Waals surface area contributed by atoms with Gasteiger partial charge in [-0.3, -0.25) is 9.48 Å². The molecule has 1 heterocycles. The smallest absolute Gasteiger partial charge is 0.307 e. The highest BCUT2D eigenvalue weighted by molar-refractivity contribution is 5.71. The number of carboxylic acids is 1. The average Bonchev–Trinajstić information content (AvgIpc) is 3.27. The Morgan fingerprint density at radius 3 is 2.61 bits per heavy atom. The summed E-state index contributed by atoms with van der Waals surface area (Å²) < 4.78 is 23.1. The maximum atomic E-state index is 15.4. The molecule has 0 amide bonds. The Kier molecular flexibility index (Phi) is 7.50. The highest BCUT2D eigenvalue weighted by Crippen LogP contribution is 2.30. The third-order valence-corrected chi connectivity index (χ3v) is 5.71. The molecule has 0 aliphatic carbocycles. The molecule has 4 rings (SSSR count). The van der Waals surface area contributed by atoms with E-state index < -0.39 is 5.97 Å². The fourth-order valence-electron chi connectivity index (χ4n) is 3.95. The molecule has 5 nitrogen and oxygen atoms in total. The van der Waals surface area contributed by atoms with Crippen LogP contribution < -0.4 is 4.74 Å². The number of carboxylic acid groups (broad SMARTS) is 1. The summed E-state index contributed by atoms with van der Waals surface area (Å²) in [6.07, 6.45) is 1.69. The van der Waals surface area contributed by atoms with Gasteiger partial charge in [-0.2, -0.15) is 5.10 Å². The van der Waals surface area contributed by atoms with Gasteiger partial charge in [-0.25, -0.2) is 4.39 Å². The summed E-state index contributed by atoms with van der Waals surface area (Å²) in [5.74, 6) is 5.56. The normalized spacial score (nSPS) is 10.7. The van der Waals surface area contributed by atoms with Crippen LogP contribution >= 0.6 is 0 Å². The van der Waals surface area contributed by atoms with Crippen molar-refractivity contribution in [3.8, 4) is 28.7 Å². The van der Waals surface area contributed by atoms with E-state index in [4.69, 9.17) is 4.74 Å². The number of carbonyl (C=O) groups is 1. The number of rotatable bonds is 7. The van der Waals surface area contributed by atoms with Gasteiger partial charge in [-0.05, 0) is 58.9 Å². The van der Waals surface area contributed by atoms with E-state index in [1.165, 1.54) is 0 Å². The zero-order chi connectivity index (χ0) is 25.7. The van der Waals surface area contributed by atoms with Crippen molar-refractivity contribution in [1.29, 1.82) is 0 Å². The third-order valence-electron chi connectivity index (χ3n) is 5.71. The first kappa shape index (κ1) is 24.7. The molecule has 0 radical (unpaired) electrons. The van der Waals surface area contributed by atoms with Crippen molar-refractivity contribution in [3.63, 3.8) is 0 Å². The van der Waals surface area contributed by atoms with E-state index in [1.54, 1.807) is 41.1 Å². The molecule has 0 atom stereocenters. The number of para-hydroxylation sites is 1. The van der Waals surface area contributed by atoms with Crippen molar-refractivity contribution in [2.75, 3.05) is 0 Å². The van der Waals surface area contributed by atoms with Gasteiger partial charge in [0.25, 0.3) is 0 Å². The largest absolute Gasteiger partial charge is 0.489 e. The molecule has 0 spiro atoms. The molecule has 182 valence electrons. The highest BCUT2D eigenvalue weighted by atomic mass is 19.1. The van der Waals surface area contributed by atoms with Crippen LogP contribution in [0.25, 0.3) is 11.1 Å². The van der Waals surface area contributed by atoms with Gasteiger partial charge in [0, 0.05) is 29.9 Å². The SMILES string of the molecule is CC(C)c1cccc(-c2cc(C#Cc3ccn(C)n3)cc(COc3ccccc3CC(=O)O)c2)c1F. The summed E-state index contributed by atoms with van der Waals surface area (Å²) in [6.45, 7) is 4.10. The summed E-state index contributed by atoms with van der Waals surface area (Å²) in [4.78, 5) is 11.2. The van der Waals surface area contributed by atoms with Gasteiger partial charge in [0.05, 0.1) is 6.42 Å². The Morgan fingerprint density at radius 1 is 1.08 bits per heavy atom. The van der Waals surface area contributed by atoms with Gasteiger partial charge >= 0.3 is 5.97 Å². The molecule has 0 saturated heterocycles. The molecular weight excluding hydrogens is 455 g/mol. The van der Waals surface area contributed by atoms with E-state index in [1.807, 2.05) is 57.4 Å². The van der Waals surface area contributed by atoms with Gasteiger partial charge in [0.2, 0.25) is 0 Å². The van der Waals surface area contributed by atoms with Crippen LogP contribution in [0.5, 0.6) is 5.75 Å². The van der Waals surface area contributed by atoms with E-state index in [-0.39, 0.29) is 24.8 Å². The van der Waals surface area contributed by atoms with E-state index >= 15 is 4.39 Å². The van der Waals surface area contributed by atoms with Crippen molar-refractivity contribution in [1.82, 2.24) is 9.78 Å².